The maximum Gasteiger partial charge on any atom is 0.494 e. The summed E-state index contributed by atoms with van der Waals surface area (Å²) in [6.07, 6.45) is 0. The van der Waals surface area contributed by atoms with Crippen molar-refractivity contribution < 1.29 is 18.5 Å². The maximum atomic E-state index is 6.37. The second kappa shape index (κ2) is 7.75. The molecule has 0 spiro atoms. The summed E-state index contributed by atoms with van der Waals surface area (Å²) < 4.78 is 25.1. The first kappa shape index (κ1) is 23.6. The standard InChI is InChI=1S/C33H31BO4/c1-31(2)25-9-7-8-10-28(25)36-30-18-21(11-15-26(30)31)20-12-16-27-24(17-20)23-14-13-22(19-29(23)35-27)34-37-32(3,4)33(5,6)38-34/h7-19H,1-6H3. The fourth-order valence-corrected chi connectivity index (χ4v) is 5.74. The third kappa shape index (κ3) is 3.38. The molecule has 1 saturated heterocycles. The molecule has 38 heavy (non-hydrogen) atoms. The van der Waals surface area contributed by atoms with Gasteiger partial charge in [-0.15, -0.1) is 0 Å². The Bertz CT molecular complexity index is 1730. The second-order valence-electron chi connectivity index (χ2n) is 12.1. The number of hydrogen-bond donors (Lipinski definition) is 0. The van der Waals surface area contributed by atoms with Gasteiger partial charge in [-0.3, -0.25) is 0 Å². The Kier molecular flexibility index (Phi) is 4.81. The van der Waals surface area contributed by atoms with Crippen LogP contribution in [0.25, 0.3) is 33.1 Å². The minimum absolute atomic E-state index is 0.123. The average molecular weight is 502 g/mol. The monoisotopic (exact) mass is 502 g/mol. The van der Waals surface area contributed by atoms with Crippen LogP contribution in [-0.2, 0) is 14.7 Å². The van der Waals surface area contributed by atoms with Crippen molar-refractivity contribution in [1.29, 1.82) is 0 Å². The average Bonchev–Trinajstić information content (AvgIpc) is 3.35. The first-order valence-electron chi connectivity index (χ1n) is 13.3. The van der Waals surface area contributed by atoms with Crippen molar-refractivity contribution in [1.82, 2.24) is 0 Å². The van der Waals surface area contributed by atoms with Crippen molar-refractivity contribution in [3.05, 3.63) is 90.0 Å². The highest BCUT2D eigenvalue weighted by Crippen LogP contribution is 2.48. The smallest absolute Gasteiger partial charge is 0.457 e. The van der Waals surface area contributed by atoms with E-state index in [1.807, 2.05) is 18.2 Å². The molecule has 0 bridgehead atoms. The van der Waals surface area contributed by atoms with Crippen LogP contribution in [0.5, 0.6) is 11.5 Å². The van der Waals surface area contributed by atoms with E-state index in [4.69, 9.17) is 18.5 Å². The largest absolute Gasteiger partial charge is 0.494 e. The van der Waals surface area contributed by atoms with Gasteiger partial charge in [0.2, 0.25) is 0 Å². The zero-order valence-electron chi connectivity index (χ0n) is 22.7. The van der Waals surface area contributed by atoms with Crippen LogP contribution < -0.4 is 10.2 Å². The van der Waals surface area contributed by atoms with Gasteiger partial charge >= 0.3 is 7.12 Å². The predicted molar refractivity (Wildman–Crippen MR) is 154 cm³/mol. The molecule has 5 aromatic rings. The first-order valence-corrected chi connectivity index (χ1v) is 13.3. The van der Waals surface area contributed by atoms with E-state index in [0.29, 0.717) is 0 Å². The summed E-state index contributed by atoms with van der Waals surface area (Å²) in [6.45, 7) is 12.8. The highest BCUT2D eigenvalue weighted by Gasteiger charge is 2.51. The molecule has 1 fully saturated rings. The summed E-state index contributed by atoms with van der Waals surface area (Å²) in [5.74, 6) is 1.84. The lowest BCUT2D eigenvalue weighted by atomic mass is 9.75. The lowest BCUT2D eigenvalue weighted by molar-refractivity contribution is 0.00578. The van der Waals surface area contributed by atoms with Crippen LogP contribution >= 0.6 is 0 Å². The Hall–Kier alpha value is -3.54. The van der Waals surface area contributed by atoms with Crippen molar-refractivity contribution in [3.63, 3.8) is 0 Å². The van der Waals surface area contributed by atoms with Gasteiger partial charge in [-0.05, 0) is 74.6 Å². The molecule has 7 rings (SSSR count). The van der Waals surface area contributed by atoms with Gasteiger partial charge in [0, 0.05) is 27.3 Å². The third-order valence-electron chi connectivity index (χ3n) is 8.79. The Morgan fingerprint density at radius 2 is 1.26 bits per heavy atom. The number of hydrogen-bond acceptors (Lipinski definition) is 4. The van der Waals surface area contributed by atoms with Crippen LogP contribution in [0.1, 0.15) is 52.7 Å². The van der Waals surface area contributed by atoms with Crippen LogP contribution in [-0.4, -0.2) is 18.3 Å². The van der Waals surface area contributed by atoms with Crippen LogP contribution in [0, 0.1) is 0 Å². The van der Waals surface area contributed by atoms with E-state index >= 15 is 0 Å². The van der Waals surface area contributed by atoms with E-state index in [9.17, 15) is 0 Å². The van der Waals surface area contributed by atoms with E-state index < -0.39 is 7.12 Å². The van der Waals surface area contributed by atoms with Crippen LogP contribution in [0.3, 0.4) is 0 Å². The van der Waals surface area contributed by atoms with Crippen molar-refractivity contribution in [2.45, 2.75) is 58.2 Å². The number of fused-ring (bicyclic) bond motifs is 5. The van der Waals surface area contributed by atoms with Gasteiger partial charge in [0.05, 0.1) is 11.2 Å². The molecular weight excluding hydrogens is 471 g/mol. The molecule has 2 aliphatic heterocycles. The highest BCUT2D eigenvalue weighted by molar-refractivity contribution is 6.62. The topological polar surface area (TPSA) is 40.8 Å². The van der Waals surface area contributed by atoms with Gasteiger partial charge in [0.1, 0.15) is 22.7 Å². The van der Waals surface area contributed by atoms with Gasteiger partial charge in [0.25, 0.3) is 0 Å². The Balaban J connectivity index is 1.26. The normalized spacial score (nSPS) is 18.8. The van der Waals surface area contributed by atoms with Crippen LogP contribution in [0.15, 0.2) is 83.3 Å². The molecule has 4 aromatic carbocycles. The molecule has 0 atom stereocenters. The Labute approximate surface area is 223 Å². The molecule has 0 amide bonds. The van der Waals surface area contributed by atoms with Crippen LogP contribution in [0.2, 0.25) is 0 Å². The predicted octanol–water partition coefficient (Wildman–Crippen LogP) is 7.98. The van der Waals surface area contributed by atoms with E-state index in [-0.39, 0.29) is 16.6 Å². The van der Waals surface area contributed by atoms with Crippen molar-refractivity contribution >= 4 is 34.5 Å². The van der Waals surface area contributed by atoms with Crippen molar-refractivity contribution in [3.8, 4) is 22.6 Å². The molecule has 0 N–H and O–H groups in total. The molecule has 0 radical (unpaired) electrons. The first-order chi connectivity index (χ1) is 18.0. The molecule has 1 aromatic heterocycles. The summed E-state index contributed by atoms with van der Waals surface area (Å²) in [5.41, 5.74) is 6.42. The molecule has 0 saturated carbocycles. The molecule has 190 valence electrons. The van der Waals surface area contributed by atoms with Crippen molar-refractivity contribution in [2.24, 2.45) is 0 Å². The molecule has 0 aliphatic carbocycles. The lowest BCUT2D eigenvalue weighted by Crippen LogP contribution is -2.41. The molecule has 2 aliphatic rings. The van der Waals surface area contributed by atoms with Gasteiger partial charge in [-0.1, -0.05) is 62.4 Å². The van der Waals surface area contributed by atoms with E-state index in [1.54, 1.807) is 0 Å². The molecule has 3 heterocycles. The third-order valence-corrected chi connectivity index (χ3v) is 8.79. The van der Waals surface area contributed by atoms with Crippen LogP contribution in [0.4, 0.5) is 0 Å². The Morgan fingerprint density at radius 1 is 0.579 bits per heavy atom. The van der Waals surface area contributed by atoms with E-state index in [0.717, 1.165) is 50.0 Å². The van der Waals surface area contributed by atoms with Gasteiger partial charge in [-0.2, -0.15) is 0 Å². The van der Waals surface area contributed by atoms with Gasteiger partial charge in [0.15, 0.2) is 0 Å². The maximum absolute atomic E-state index is 6.37. The minimum Gasteiger partial charge on any atom is -0.457 e. The summed E-state index contributed by atoms with van der Waals surface area (Å²) >= 11 is 0. The number of furan rings is 1. The van der Waals surface area contributed by atoms with E-state index in [2.05, 4.69) is 102 Å². The summed E-state index contributed by atoms with van der Waals surface area (Å²) in [5, 5.41) is 2.16. The fraction of sp³-hybridized carbons (Fsp3) is 0.273. The van der Waals surface area contributed by atoms with E-state index in [1.165, 1.54) is 11.1 Å². The number of rotatable bonds is 2. The summed E-state index contributed by atoms with van der Waals surface area (Å²) in [4.78, 5) is 0. The second-order valence-corrected chi connectivity index (χ2v) is 12.1. The SMILES string of the molecule is CC1(C)c2ccccc2Oc2cc(-c3ccc4oc5cc(B6OC(C)(C)C(C)(C)O6)ccc5c4c3)ccc21. The molecule has 5 heteroatoms. The molecule has 0 unspecified atom stereocenters. The lowest BCUT2D eigenvalue weighted by Gasteiger charge is -2.34. The number of ether oxygens (including phenoxy) is 1. The zero-order chi connectivity index (χ0) is 26.4. The minimum atomic E-state index is -0.418. The highest BCUT2D eigenvalue weighted by atomic mass is 16.7. The quantitative estimate of drug-likeness (QED) is 0.230. The summed E-state index contributed by atoms with van der Waals surface area (Å²) in [6, 6.07) is 27.5. The molecule has 4 nitrogen and oxygen atoms in total. The summed E-state index contributed by atoms with van der Waals surface area (Å²) in [7, 11) is -0.418. The van der Waals surface area contributed by atoms with Crippen molar-refractivity contribution in [2.75, 3.05) is 0 Å². The zero-order valence-corrected chi connectivity index (χ0v) is 22.7. The Morgan fingerprint density at radius 3 is 2.05 bits per heavy atom. The fourth-order valence-electron chi connectivity index (χ4n) is 5.74. The number of benzene rings is 4. The van der Waals surface area contributed by atoms with Gasteiger partial charge in [-0.25, -0.2) is 0 Å². The molecular formula is C33H31BO4. The van der Waals surface area contributed by atoms with Gasteiger partial charge < -0.3 is 18.5 Å². The number of para-hydroxylation sites is 1.